The Labute approximate surface area is 141 Å². The molecule has 22 heavy (non-hydrogen) atoms. The van der Waals surface area contributed by atoms with Crippen molar-refractivity contribution in [2.75, 3.05) is 26.0 Å². The number of halogens is 1. The summed E-state index contributed by atoms with van der Waals surface area (Å²) in [7, 11) is 1.63. The first kappa shape index (κ1) is 17.0. The van der Waals surface area contributed by atoms with Crippen LogP contribution in [0.15, 0.2) is 38.4 Å². The molecule has 0 atom stereocenters. The highest BCUT2D eigenvalue weighted by molar-refractivity contribution is 9.10. The van der Waals surface area contributed by atoms with Crippen LogP contribution in [0.3, 0.4) is 0 Å². The summed E-state index contributed by atoms with van der Waals surface area (Å²) in [6.45, 7) is 1.23. The highest BCUT2D eigenvalue weighted by Gasteiger charge is 2.12. The number of carbonyl (C=O) groups excluding carboxylic acids is 1. The molecule has 118 valence electrons. The van der Waals surface area contributed by atoms with Crippen LogP contribution in [0.5, 0.6) is 0 Å². The van der Waals surface area contributed by atoms with E-state index in [-0.39, 0.29) is 11.7 Å². The first-order valence-electron chi connectivity index (χ1n) is 6.67. The number of nitrogens with zero attached hydrogens (tertiary/aromatic N) is 2. The molecule has 0 spiro atoms. The van der Waals surface area contributed by atoms with Gasteiger partial charge in [-0.1, -0.05) is 23.9 Å². The number of thioether (sulfide) groups is 1. The fourth-order valence-corrected chi connectivity index (χ4v) is 2.68. The molecule has 1 N–H and O–H groups in total. The van der Waals surface area contributed by atoms with Gasteiger partial charge in [-0.2, -0.15) is 0 Å². The lowest BCUT2D eigenvalue weighted by Gasteiger charge is -2.02. The minimum atomic E-state index is -0.0678. The average molecular weight is 386 g/mol. The van der Waals surface area contributed by atoms with Gasteiger partial charge < -0.3 is 14.5 Å². The summed E-state index contributed by atoms with van der Waals surface area (Å²) >= 11 is 4.65. The fraction of sp³-hybridized carbons (Fsp3) is 0.357. The molecule has 2 rings (SSSR count). The smallest absolute Gasteiger partial charge is 0.277 e. The van der Waals surface area contributed by atoms with Gasteiger partial charge in [-0.3, -0.25) is 4.79 Å². The molecule has 0 aliphatic carbocycles. The first-order valence-corrected chi connectivity index (χ1v) is 8.45. The third-order valence-electron chi connectivity index (χ3n) is 2.68. The van der Waals surface area contributed by atoms with E-state index in [1.807, 2.05) is 24.3 Å². The van der Waals surface area contributed by atoms with Gasteiger partial charge in [0.05, 0.1) is 11.3 Å². The van der Waals surface area contributed by atoms with Crippen LogP contribution in [0.1, 0.15) is 6.42 Å². The molecule has 8 heteroatoms. The van der Waals surface area contributed by atoms with Crippen LogP contribution in [0, 0.1) is 0 Å². The van der Waals surface area contributed by atoms with Crippen molar-refractivity contribution in [1.82, 2.24) is 15.5 Å². The monoisotopic (exact) mass is 385 g/mol. The number of carbonyl (C=O) groups is 1. The van der Waals surface area contributed by atoms with Crippen LogP contribution in [0.4, 0.5) is 0 Å². The number of ether oxygens (including phenoxy) is 1. The van der Waals surface area contributed by atoms with Crippen molar-refractivity contribution < 1.29 is 13.9 Å². The average Bonchev–Trinajstić information content (AvgIpc) is 2.99. The molecule has 6 nitrogen and oxygen atoms in total. The van der Waals surface area contributed by atoms with Crippen molar-refractivity contribution in [2.45, 2.75) is 11.6 Å². The largest absolute Gasteiger partial charge is 0.411 e. The molecule has 0 aliphatic heterocycles. The van der Waals surface area contributed by atoms with Crippen LogP contribution in [-0.2, 0) is 9.53 Å². The van der Waals surface area contributed by atoms with Gasteiger partial charge in [-0.25, -0.2) is 0 Å². The Morgan fingerprint density at radius 2 is 2.23 bits per heavy atom. The standard InChI is InChI=1S/C14H16BrN3O3S/c1-20-8-4-7-16-12(19)9-22-14-18-17-13(21-14)10-5-2-3-6-11(10)15/h2-3,5-6H,4,7-9H2,1H3,(H,16,19). The summed E-state index contributed by atoms with van der Waals surface area (Å²) in [5, 5.41) is 11.1. The number of nitrogens with one attached hydrogen (secondary N) is 1. The number of hydrogen-bond donors (Lipinski definition) is 1. The lowest BCUT2D eigenvalue weighted by molar-refractivity contribution is -0.118. The summed E-state index contributed by atoms with van der Waals surface area (Å²) in [5.74, 6) is 0.599. The molecule has 1 aromatic heterocycles. The number of benzene rings is 1. The zero-order valence-corrected chi connectivity index (χ0v) is 14.4. The highest BCUT2D eigenvalue weighted by atomic mass is 79.9. The number of rotatable bonds is 8. The number of methoxy groups -OCH3 is 1. The Hall–Kier alpha value is -1.38. The summed E-state index contributed by atoms with van der Waals surface area (Å²) in [4.78, 5) is 11.6. The molecule has 1 aromatic carbocycles. The third-order valence-corrected chi connectivity index (χ3v) is 4.19. The van der Waals surface area contributed by atoms with Crippen molar-refractivity contribution in [3.8, 4) is 11.5 Å². The summed E-state index contributed by atoms with van der Waals surface area (Å²) in [6, 6.07) is 7.59. The van der Waals surface area contributed by atoms with Crippen LogP contribution in [-0.4, -0.2) is 42.1 Å². The molecule has 0 aliphatic rings. The molecule has 0 saturated heterocycles. The quantitative estimate of drug-likeness (QED) is 0.555. The normalized spacial score (nSPS) is 10.6. The van der Waals surface area contributed by atoms with Gasteiger partial charge in [-0.05, 0) is 34.5 Å². The lowest BCUT2D eigenvalue weighted by Crippen LogP contribution is -2.26. The number of amides is 1. The zero-order chi connectivity index (χ0) is 15.8. The summed E-state index contributed by atoms with van der Waals surface area (Å²) < 4.78 is 11.3. The Morgan fingerprint density at radius 1 is 1.41 bits per heavy atom. The van der Waals surface area contributed by atoms with Gasteiger partial charge in [0.15, 0.2) is 0 Å². The summed E-state index contributed by atoms with van der Waals surface area (Å²) in [6.07, 6.45) is 0.791. The maximum absolute atomic E-state index is 11.6. The molecule has 0 unspecified atom stereocenters. The second-order valence-electron chi connectivity index (χ2n) is 4.34. The molecular weight excluding hydrogens is 370 g/mol. The Kier molecular flexibility index (Phi) is 6.88. The topological polar surface area (TPSA) is 77.2 Å². The maximum atomic E-state index is 11.6. The van der Waals surface area contributed by atoms with E-state index in [9.17, 15) is 4.79 Å². The van der Waals surface area contributed by atoms with Gasteiger partial charge in [-0.15, -0.1) is 10.2 Å². The van der Waals surface area contributed by atoms with Crippen molar-refractivity contribution in [3.63, 3.8) is 0 Å². The van der Waals surface area contributed by atoms with Crippen LogP contribution < -0.4 is 5.32 Å². The highest BCUT2D eigenvalue weighted by Crippen LogP contribution is 2.28. The second-order valence-corrected chi connectivity index (χ2v) is 6.12. The second kappa shape index (κ2) is 8.92. The molecular formula is C14H16BrN3O3S. The van der Waals surface area contributed by atoms with Gasteiger partial charge in [0, 0.05) is 24.7 Å². The van der Waals surface area contributed by atoms with E-state index in [0.29, 0.717) is 24.3 Å². The molecule has 2 aromatic rings. The Balaban J connectivity index is 1.83. The summed E-state index contributed by atoms with van der Waals surface area (Å²) in [5.41, 5.74) is 0.825. The molecule has 1 heterocycles. The van der Waals surface area contributed by atoms with Crippen molar-refractivity contribution in [3.05, 3.63) is 28.7 Å². The van der Waals surface area contributed by atoms with E-state index in [4.69, 9.17) is 9.15 Å². The Bertz CT molecular complexity index is 621. The van der Waals surface area contributed by atoms with Crippen LogP contribution in [0.25, 0.3) is 11.5 Å². The first-order chi connectivity index (χ1) is 10.7. The van der Waals surface area contributed by atoms with Crippen LogP contribution >= 0.6 is 27.7 Å². The maximum Gasteiger partial charge on any atom is 0.277 e. The lowest BCUT2D eigenvalue weighted by atomic mass is 10.2. The van der Waals surface area contributed by atoms with Gasteiger partial charge in [0.1, 0.15) is 0 Å². The predicted molar refractivity (Wildman–Crippen MR) is 87.7 cm³/mol. The van der Waals surface area contributed by atoms with E-state index in [2.05, 4.69) is 31.4 Å². The fourth-order valence-electron chi connectivity index (χ4n) is 1.63. The SMILES string of the molecule is COCCCNC(=O)CSc1nnc(-c2ccccc2Br)o1. The minimum Gasteiger partial charge on any atom is -0.411 e. The van der Waals surface area contributed by atoms with Crippen molar-refractivity contribution in [1.29, 1.82) is 0 Å². The molecule has 0 fully saturated rings. The Morgan fingerprint density at radius 3 is 3.00 bits per heavy atom. The van der Waals surface area contributed by atoms with Crippen LogP contribution in [0.2, 0.25) is 0 Å². The number of aromatic nitrogens is 2. The van der Waals surface area contributed by atoms with E-state index < -0.39 is 0 Å². The molecule has 1 amide bonds. The van der Waals surface area contributed by atoms with E-state index in [1.54, 1.807) is 7.11 Å². The van der Waals surface area contributed by atoms with Crippen molar-refractivity contribution in [2.24, 2.45) is 0 Å². The van der Waals surface area contributed by atoms with Gasteiger partial charge >= 0.3 is 0 Å². The molecule has 0 bridgehead atoms. The predicted octanol–water partition coefficient (Wildman–Crippen LogP) is 2.74. The van der Waals surface area contributed by atoms with E-state index in [1.165, 1.54) is 11.8 Å². The van der Waals surface area contributed by atoms with Crippen molar-refractivity contribution >= 4 is 33.6 Å². The zero-order valence-electron chi connectivity index (χ0n) is 12.0. The van der Waals surface area contributed by atoms with Gasteiger partial charge in [0.25, 0.3) is 5.22 Å². The van der Waals surface area contributed by atoms with Gasteiger partial charge in [0.2, 0.25) is 11.8 Å². The minimum absolute atomic E-state index is 0.0678. The number of hydrogen-bond acceptors (Lipinski definition) is 6. The van der Waals surface area contributed by atoms with E-state index in [0.717, 1.165) is 16.5 Å². The molecule has 0 saturated carbocycles. The third kappa shape index (κ3) is 5.11. The molecule has 0 radical (unpaired) electrons. The van der Waals surface area contributed by atoms with E-state index >= 15 is 0 Å².